The third-order valence-corrected chi connectivity index (χ3v) is 9.18. The molecule has 2 aliphatic heterocycles. The van der Waals surface area contributed by atoms with Crippen LogP contribution in [0.4, 0.5) is 0 Å². The van der Waals surface area contributed by atoms with E-state index >= 15 is 0 Å². The summed E-state index contributed by atoms with van der Waals surface area (Å²) >= 11 is 10.3. The zero-order valence-electron chi connectivity index (χ0n) is 13.4. The molecule has 2 aliphatic rings. The van der Waals surface area contributed by atoms with E-state index in [0.717, 1.165) is 45.6 Å². The smallest absolute Gasteiger partial charge is 0.391 e. The van der Waals surface area contributed by atoms with Crippen molar-refractivity contribution < 1.29 is 17.5 Å². The van der Waals surface area contributed by atoms with Crippen LogP contribution in [0.25, 0.3) is 0 Å². The van der Waals surface area contributed by atoms with E-state index in [2.05, 4.69) is 21.5 Å². The van der Waals surface area contributed by atoms with Crippen LogP contribution in [0.2, 0.25) is 5.02 Å². The largest absolute Gasteiger partial charge is 0.414 e. The van der Waals surface area contributed by atoms with Gasteiger partial charge in [0.1, 0.15) is 28.8 Å². The van der Waals surface area contributed by atoms with Gasteiger partial charge in [0.25, 0.3) is 0 Å². The Morgan fingerprint density at radius 3 is 2.36 bits per heavy atom. The molecule has 0 fully saturated rings. The topological polar surface area (TPSA) is 70.5 Å². The minimum atomic E-state index is -3.17. The van der Waals surface area contributed by atoms with Gasteiger partial charge in [0.2, 0.25) is 0 Å². The van der Waals surface area contributed by atoms with Crippen LogP contribution in [0.15, 0.2) is 28.6 Å². The molecule has 0 saturated heterocycles. The Labute approximate surface area is 168 Å². The van der Waals surface area contributed by atoms with E-state index in [1.807, 2.05) is 17.8 Å². The van der Waals surface area contributed by atoms with Crippen molar-refractivity contribution in [2.45, 2.75) is 24.5 Å². The minimum absolute atomic E-state index is 0.0766. The first-order chi connectivity index (χ1) is 12.1. The second kappa shape index (κ2) is 11.0. The lowest BCUT2D eigenvalue weighted by molar-refractivity contribution is 0.396. The molecule has 0 unspecified atom stereocenters. The van der Waals surface area contributed by atoms with E-state index in [1.165, 1.54) is 16.0 Å². The molecule has 1 aromatic heterocycles. The Kier molecular flexibility index (Phi) is 9.43. The highest BCUT2D eigenvalue weighted by Gasteiger charge is 2.31. The molecule has 3 heterocycles. The summed E-state index contributed by atoms with van der Waals surface area (Å²) in [5.74, 6) is -2.07. The molecule has 12 heteroatoms. The Balaban J connectivity index is 0.000000208. The van der Waals surface area contributed by atoms with Gasteiger partial charge < -0.3 is 12.9 Å². The SMILES string of the molecule is CCOSP(=O)(Oc1ncsn1)SOCC.Clc1cc2ccc1SC2. The molecule has 1 aromatic carbocycles. The van der Waals surface area contributed by atoms with Crippen molar-refractivity contribution in [2.75, 3.05) is 13.2 Å². The third-order valence-electron chi connectivity index (χ3n) is 2.45. The molecule has 4 rings (SSSR count). The lowest BCUT2D eigenvalue weighted by atomic mass is 10.2. The fourth-order valence-electron chi connectivity index (χ4n) is 1.49. The first-order valence-electron chi connectivity index (χ1n) is 7.16. The van der Waals surface area contributed by atoms with Gasteiger partial charge in [-0.15, -0.1) is 16.1 Å². The van der Waals surface area contributed by atoms with Gasteiger partial charge in [-0.2, -0.15) is 4.98 Å². The molecule has 138 valence electrons. The first-order valence-corrected chi connectivity index (χ1v) is 13.7. The zero-order valence-corrected chi connectivity index (χ0v) is 18.3. The summed E-state index contributed by atoms with van der Waals surface area (Å²) in [5.41, 5.74) is 2.83. The van der Waals surface area contributed by atoms with E-state index in [1.54, 1.807) is 13.8 Å². The monoisotopic (exact) mass is 458 g/mol. The van der Waals surface area contributed by atoms with Crippen LogP contribution in [0, 0.1) is 0 Å². The molecular weight excluding hydrogens is 443 g/mol. The van der Waals surface area contributed by atoms with E-state index < -0.39 is 5.77 Å². The summed E-state index contributed by atoms with van der Waals surface area (Å²) < 4.78 is 31.2. The summed E-state index contributed by atoms with van der Waals surface area (Å²) in [6, 6.07) is 6.31. The Bertz CT molecular complexity index is 695. The number of rotatable bonds is 8. The molecule has 0 spiro atoms. The number of thioether (sulfide) groups is 1. The summed E-state index contributed by atoms with van der Waals surface area (Å²) in [6.45, 7) is 4.44. The molecule has 0 amide bonds. The lowest BCUT2D eigenvalue weighted by Gasteiger charge is -2.12. The number of hydrogen-bond donors (Lipinski definition) is 0. The fourth-order valence-corrected chi connectivity index (χ4v) is 7.04. The van der Waals surface area contributed by atoms with Crippen LogP contribution < -0.4 is 4.52 Å². The molecule has 2 aromatic rings. The first kappa shape index (κ1) is 21.4. The minimum Gasteiger partial charge on any atom is -0.391 e. The zero-order chi connectivity index (χ0) is 18.1. The normalized spacial score (nSPS) is 12.6. The number of fused-ring (bicyclic) bond motifs is 3. The van der Waals surface area contributed by atoms with Crippen molar-refractivity contribution in [3.8, 4) is 6.01 Å². The average molecular weight is 459 g/mol. The molecule has 25 heavy (non-hydrogen) atoms. The third kappa shape index (κ3) is 7.30. The number of nitrogens with zero attached hydrogens (tertiary/aromatic N) is 2. The van der Waals surface area contributed by atoms with E-state index in [-0.39, 0.29) is 6.01 Å². The number of halogens is 1. The Morgan fingerprint density at radius 2 is 2.00 bits per heavy atom. The molecule has 0 aliphatic carbocycles. The fraction of sp³-hybridized carbons (Fsp3) is 0.385. The molecule has 0 saturated carbocycles. The summed E-state index contributed by atoms with van der Waals surface area (Å²) in [7, 11) is 0. The van der Waals surface area contributed by atoms with Crippen LogP contribution >= 0.6 is 64.0 Å². The maximum Gasteiger partial charge on any atom is 0.414 e. The molecule has 6 nitrogen and oxygen atoms in total. The summed E-state index contributed by atoms with van der Waals surface area (Å²) in [6.07, 6.45) is 0. The van der Waals surface area contributed by atoms with Gasteiger partial charge in [-0.1, -0.05) is 17.7 Å². The highest BCUT2D eigenvalue weighted by molar-refractivity contribution is 8.87. The quantitative estimate of drug-likeness (QED) is 0.332. The number of aromatic nitrogens is 2. The van der Waals surface area contributed by atoms with Gasteiger partial charge in [-0.25, -0.2) is 4.57 Å². The molecule has 2 bridgehead atoms. The van der Waals surface area contributed by atoms with Crippen molar-refractivity contribution in [3.05, 3.63) is 34.3 Å². The predicted molar refractivity (Wildman–Crippen MR) is 108 cm³/mol. The lowest BCUT2D eigenvalue weighted by Crippen LogP contribution is -1.91. The van der Waals surface area contributed by atoms with Crippen molar-refractivity contribution in [2.24, 2.45) is 0 Å². The molecule has 0 N–H and O–H groups in total. The molecular formula is C13H16ClN2O4PS4. The van der Waals surface area contributed by atoms with E-state index in [0.29, 0.717) is 13.2 Å². The summed E-state index contributed by atoms with van der Waals surface area (Å²) in [5, 5.41) is 0.906. The van der Waals surface area contributed by atoms with Crippen molar-refractivity contribution >= 4 is 64.0 Å². The van der Waals surface area contributed by atoms with Gasteiger partial charge in [0.15, 0.2) is 0 Å². The van der Waals surface area contributed by atoms with E-state index in [9.17, 15) is 4.57 Å². The van der Waals surface area contributed by atoms with Gasteiger partial charge in [0, 0.05) is 10.6 Å². The summed E-state index contributed by atoms with van der Waals surface area (Å²) in [4.78, 5) is 5.01. The van der Waals surface area contributed by atoms with Crippen molar-refractivity contribution in [1.29, 1.82) is 0 Å². The van der Waals surface area contributed by atoms with Gasteiger partial charge in [-0.3, -0.25) is 0 Å². The second-order valence-electron chi connectivity index (χ2n) is 4.27. The van der Waals surface area contributed by atoms with Crippen LogP contribution in [-0.2, 0) is 18.7 Å². The maximum absolute atomic E-state index is 12.2. The molecule has 0 radical (unpaired) electrons. The number of benzene rings is 1. The van der Waals surface area contributed by atoms with Gasteiger partial charge in [-0.05, 0) is 43.1 Å². The predicted octanol–water partition coefficient (Wildman–Crippen LogP) is 6.34. The number of hydrogen-bond acceptors (Lipinski definition) is 10. The van der Waals surface area contributed by atoms with Crippen LogP contribution in [0.5, 0.6) is 6.01 Å². The van der Waals surface area contributed by atoms with Crippen LogP contribution in [-0.4, -0.2) is 22.6 Å². The highest BCUT2D eigenvalue weighted by atomic mass is 35.5. The van der Waals surface area contributed by atoms with Gasteiger partial charge >= 0.3 is 11.8 Å². The van der Waals surface area contributed by atoms with E-state index in [4.69, 9.17) is 24.5 Å². The Morgan fingerprint density at radius 1 is 1.28 bits per heavy atom. The maximum atomic E-state index is 12.2. The molecule has 0 atom stereocenters. The van der Waals surface area contributed by atoms with Crippen LogP contribution in [0.1, 0.15) is 19.4 Å². The average Bonchev–Trinajstić information content (AvgIpc) is 3.12. The standard InChI is InChI=1S/C7H5ClS.C6H11N2O4PS3/c8-6-3-5-1-2-7(6)9-4-5;1-3-10-15-13(9,16-11-4-2)12-6-7-5-14-8-6/h1-3H,4H2;5H,3-4H2,1-2H3. The highest BCUT2D eigenvalue weighted by Crippen LogP contribution is 2.69. The van der Waals surface area contributed by atoms with Crippen molar-refractivity contribution in [1.82, 2.24) is 9.36 Å². The van der Waals surface area contributed by atoms with Crippen LogP contribution in [0.3, 0.4) is 0 Å². The Hall–Kier alpha value is 0.0700. The second-order valence-corrected chi connectivity index (χ2v) is 12.6. The van der Waals surface area contributed by atoms with Gasteiger partial charge in [0.05, 0.1) is 18.2 Å². The van der Waals surface area contributed by atoms with Crippen molar-refractivity contribution in [3.63, 3.8) is 0 Å².